The first-order chi connectivity index (χ1) is 25.8. The number of hydrogen-bond acceptors (Lipinski definition) is 10. The zero-order valence-corrected chi connectivity index (χ0v) is 30.7. The van der Waals surface area contributed by atoms with Gasteiger partial charge < -0.3 is 40.7 Å². The predicted molar refractivity (Wildman–Crippen MR) is 189 cm³/mol. The summed E-state index contributed by atoms with van der Waals surface area (Å²) in [6.45, 7) is 3.40. The fraction of sp³-hybridized carbons (Fsp3) is 0.529. The molecule has 5 rings (SSSR count). The van der Waals surface area contributed by atoms with Crippen LogP contribution in [0.4, 0.5) is 43.7 Å². The maximum atomic E-state index is 12.8. The summed E-state index contributed by atoms with van der Waals surface area (Å²) >= 11 is 6.64. The lowest BCUT2D eigenvalue weighted by molar-refractivity contribution is -0.193. The van der Waals surface area contributed by atoms with Crippen LogP contribution in [0.15, 0.2) is 30.1 Å². The second-order valence-corrected chi connectivity index (χ2v) is 13.3. The van der Waals surface area contributed by atoms with E-state index < -0.39 is 24.3 Å². The Hall–Kier alpha value is -4.85. The lowest BCUT2D eigenvalue weighted by atomic mass is 10.0. The van der Waals surface area contributed by atoms with Gasteiger partial charge in [0.15, 0.2) is 0 Å². The topological polar surface area (TPSA) is 186 Å². The third-order valence-electron chi connectivity index (χ3n) is 8.46. The lowest BCUT2D eigenvalue weighted by Gasteiger charge is -2.33. The first kappa shape index (κ1) is 44.5. The van der Waals surface area contributed by atoms with Crippen molar-refractivity contribution >= 4 is 58.8 Å². The van der Waals surface area contributed by atoms with E-state index >= 15 is 0 Å². The summed E-state index contributed by atoms with van der Waals surface area (Å²) in [5, 5.41) is 24.4. The van der Waals surface area contributed by atoms with Gasteiger partial charge in [-0.15, -0.1) is 0 Å². The van der Waals surface area contributed by atoms with Gasteiger partial charge in [0.2, 0.25) is 11.8 Å². The summed E-state index contributed by atoms with van der Waals surface area (Å²) in [4.78, 5) is 56.2. The largest absolute Gasteiger partial charge is 0.490 e. The molecule has 5 N–H and O–H groups in total. The Morgan fingerprint density at radius 3 is 2.13 bits per heavy atom. The fourth-order valence-electron chi connectivity index (χ4n) is 5.64. The number of likely N-dealkylation sites (N-methyl/N-ethyl adjacent to an activating group) is 1. The number of benzene rings is 1. The van der Waals surface area contributed by atoms with Crippen molar-refractivity contribution in [2.45, 2.75) is 63.4 Å². The Bertz CT molecular complexity index is 1660. The molecule has 0 atom stereocenters. The molecule has 2 amide bonds. The van der Waals surface area contributed by atoms with E-state index in [2.05, 4.69) is 25.9 Å². The molecule has 3 heterocycles. The average Bonchev–Trinajstić information content (AvgIpc) is 3.55. The van der Waals surface area contributed by atoms with Crippen LogP contribution >= 0.6 is 11.6 Å². The number of alkyl halides is 6. The summed E-state index contributed by atoms with van der Waals surface area (Å²) in [7, 11) is 3.95. The van der Waals surface area contributed by atoms with Gasteiger partial charge in [-0.05, 0) is 57.6 Å². The van der Waals surface area contributed by atoms with Gasteiger partial charge in [0.1, 0.15) is 29.8 Å². The number of carbonyl (C=O) groups excluding carboxylic acids is 2. The van der Waals surface area contributed by atoms with Crippen LogP contribution in [-0.2, 0) is 19.2 Å². The van der Waals surface area contributed by atoms with E-state index in [0.29, 0.717) is 53.4 Å². The number of likely N-dealkylation sites (tertiary alicyclic amines) is 1. The van der Waals surface area contributed by atoms with E-state index in [1.807, 2.05) is 48.2 Å². The normalized spacial score (nSPS) is 16.2. The SMILES string of the molecule is CN(C)CCNC(=O)C1=Cc2c(ncnc2Nc2ccc(OC3CCN(C(=O)C4CCCC4)CC3)c(Cl)c2)NCC1.O=C(O)C(F)(F)F.O=C(O)C(F)(F)F. The van der Waals surface area contributed by atoms with Crippen LogP contribution in [0.1, 0.15) is 50.5 Å². The van der Waals surface area contributed by atoms with Gasteiger partial charge in [-0.2, -0.15) is 26.3 Å². The first-order valence-corrected chi connectivity index (χ1v) is 17.5. The van der Waals surface area contributed by atoms with Crippen molar-refractivity contribution in [2.24, 2.45) is 5.92 Å². The minimum absolute atomic E-state index is 0.0232. The number of piperidine rings is 1. The van der Waals surface area contributed by atoms with E-state index in [-0.39, 0.29) is 17.9 Å². The van der Waals surface area contributed by atoms with Gasteiger partial charge in [0, 0.05) is 62.7 Å². The van der Waals surface area contributed by atoms with E-state index in [1.54, 1.807) is 0 Å². The second-order valence-electron chi connectivity index (χ2n) is 12.9. The third-order valence-corrected chi connectivity index (χ3v) is 8.75. The monoisotopic (exact) mass is 809 g/mol. The molecule has 2 aliphatic heterocycles. The number of fused-ring (bicyclic) bond motifs is 1. The number of halogens is 7. The quantitative estimate of drug-likeness (QED) is 0.199. The van der Waals surface area contributed by atoms with Crippen LogP contribution in [0.5, 0.6) is 5.75 Å². The molecule has 2 fully saturated rings. The summed E-state index contributed by atoms with van der Waals surface area (Å²) in [6, 6.07) is 5.57. The summed E-state index contributed by atoms with van der Waals surface area (Å²) in [6.07, 6.45) is -0.223. The molecule has 1 aromatic heterocycles. The Kier molecular flexibility index (Phi) is 16.3. The number of nitrogens with zero attached hydrogens (tertiary/aromatic N) is 4. The van der Waals surface area contributed by atoms with Crippen molar-refractivity contribution in [3.8, 4) is 5.75 Å². The molecule has 14 nitrogen and oxygen atoms in total. The Labute approximate surface area is 317 Å². The molecular weight excluding hydrogens is 768 g/mol. The van der Waals surface area contributed by atoms with Crippen LogP contribution in [0.2, 0.25) is 5.02 Å². The van der Waals surface area contributed by atoms with Crippen LogP contribution in [-0.4, -0.2) is 119 Å². The molecule has 1 saturated carbocycles. The van der Waals surface area contributed by atoms with Crippen LogP contribution < -0.4 is 20.7 Å². The molecule has 0 unspecified atom stereocenters. The number of aromatic nitrogens is 2. The van der Waals surface area contributed by atoms with Crippen LogP contribution in [0.25, 0.3) is 6.08 Å². The van der Waals surface area contributed by atoms with E-state index in [9.17, 15) is 35.9 Å². The van der Waals surface area contributed by atoms with Gasteiger partial charge in [0.05, 0.1) is 10.6 Å². The Morgan fingerprint density at radius 2 is 1.58 bits per heavy atom. The fourth-order valence-corrected chi connectivity index (χ4v) is 5.86. The molecule has 55 heavy (non-hydrogen) atoms. The highest BCUT2D eigenvalue weighted by Gasteiger charge is 2.39. The molecule has 21 heteroatoms. The van der Waals surface area contributed by atoms with Crippen LogP contribution in [0.3, 0.4) is 0 Å². The molecule has 1 aliphatic carbocycles. The zero-order chi connectivity index (χ0) is 40.9. The Balaban J connectivity index is 0.000000494. The maximum Gasteiger partial charge on any atom is 0.490 e. The number of ether oxygens (including phenoxy) is 1. The van der Waals surface area contributed by atoms with Gasteiger partial charge in [-0.1, -0.05) is 24.4 Å². The maximum absolute atomic E-state index is 12.8. The van der Waals surface area contributed by atoms with Crippen molar-refractivity contribution in [1.29, 1.82) is 0 Å². The molecule has 3 aliphatic rings. The van der Waals surface area contributed by atoms with Crippen molar-refractivity contribution < 1.29 is 60.5 Å². The number of carboxylic acids is 2. The lowest BCUT2D eigenvalue weighted by Crippen LogP contribution is -2.44. The molecule has 0 spiro atoms. The van der Waals surface area contributed by atoms with Gasteiger partial charge >= 0.3 is 24.3 Å². The van der Waals surface area contributed by atoms with Gasteiger partial charge in [-0.3, -0.25) is 9.59 Å². The average molecular weight is 810 g/mol. The highest BCUT2D eigenvalue weighted by molar-refractivity contribution is 6.32. The van der Waals surface area contributed by atoms with Crippen LogP contribution in [0, 0.1) is 5.92 Å². The van der Waals surface area contributed by atoms with Gasteiger partial charge in [-0.25, -0.2) is 19.6 Å². The number of rotatable bonds is 9. The molecular formula is C34H42ClF6N7O7. The third kappa shape index (κ3) is 14.4. The predicted octanol–water partition coefficient (Wildman–Crippen LogP) is 5.58. The minimum Gasteiger partial charge on any atom is -0.489 e. The molecule has 304 valence electrons. The number of anilines is 3. The van der Waals surface area contributed by atoms with Crippen molar-refractivity contribution in [3.05, 3.63) is 40.7 Å². The molecule has 1 aromatic carbocycles. The minimum atomic E-state index is -5.08. The van der Waals surface area contributed by atoms with Gasteiger partial charge in [0.25, 0.3) is 0 Å². The number of aliphatic carboxylic acids is 2. The molecule has 2 aromatic rings. The summed E-state index contributed by atoms with van der Waals surface area (Å²) in [5.74, 6) is -3.20. The number of amides is 2. The molecule has 0 radical (unpaired) electrons. The standard InChI is InChI=1S/C30H40ClN7O3.2C2HF3O2/c1-37(2)16-13-33-29(39)21-9-12-32-27-24(17-21)28(35-19-34-27)36-22-7-8-26(25(31)18-22)41-23-10-14-38(15-11-23)30(40)20-5-3-4-6-20;2*3-2(4,5)1(6)7/h7-8,17-20,23H,3-6,9-16H2,1-2H3,(H,33,39)(H2,32,34,35,36);2*(H,6,7). The van der Waals surface area contributed by atoms with Crippen molar-refractivity contribution in [1.82, 2.24) is 25.1 Å². The highest BCUT2D eigenvalue weighted by atomic mass is 35.5. The number of carbonyl (C=O) groups is 4. The zero-order valence-electron chi connectivity index (χ0n) is 29.9. The van der Waals surface area contributed by atoms with E-state index in [1.165, 1.54) is 19.2 Å². The van der Waals surface area contributed by atoms with Crippen molar-refractivity contribution in [3.63, 3.8) is 0 Å². The highest BCUT2D eigenvalue weighted by Crippen LogP contribution is 2.34. The molecule has 1 saturated heterocycles. The molecule has 0 bridgehead atoms. The smallest absolute Gasteiger partial charge is 0.489 e. The summed E-state index contributed by atoms with van der Waals surface area (Å²) < 4.78 is 69.7. The number of carboxylic acid groups (broad SMARTS) is 2. The number of nitrogens with one attached hydrogen (secondary N) is 3. The second kappa shape index (κ2) is 20.2. The first-order valence-electron chi connectivity index (χ1n) is 17.1. The van der Waals surface area contributed by atoms with E-state index in [4.69, 9.17) is 36.1 Å². The van der Waals surface area contributed by atoms with E-state index in [0.717, 1.165) is 56.6 Å². The summed E-state index contributed by atoms with van der Waals surface area (Å²) in [5.41, 5.74) is 2.14. The number of hydrogen-bond donors (Lipinski definition) is 5. The van der Waals surface area contributed by atoms with Crippen molar-refractivity contribution in [2.75, 3.05) is 57.5 Å². The Morgan fingerprint density at radius 1 is 0.982 bits per heavy atom.